The zero-order valence-electron chi connectivity index (χ0n) is 15.0. The Morgan fingerprint density at radius 1 is 1.19 bits per heavy atom. The predicted molar refractivity (Wildman–Crippen MR) is 101 cm³/mol. The molecule has 0 atom stereocenters. The first-order chi connectivity index (χ1) is 12.8. The molecule has 0 aliphatic rings. The van der Waals surface area contributed by atoms with Crippen LogP contribution in [0.3, 0.4) is 0 Å². The number of amides is 1. The van der Waals surface area contributed by atoms with Gasteiger partial charge in [-0.3, -0.25) is 9.59 Å². The number of rotatable bonds is 9. The number of aryl methyl sites for hydroxylation is 1. The number of halogens is 1. The number of hydrogen-bond donors (Lipinski definition) is 3. The molecule has 1 amide bonds. The maximum atomic E-state index is 12.2. The fourth-order valence-electron chi connectivity index (χ4n) is 2.82. The van der Waals surface area contributed by atoms with Crippen molar-refractivity contribution >= 4 is 34.4 Å². The summed E-state index contributed by atoms with van der Waals surface area (Å²) < 4.78 is 5.23. The minimum Gasteiger partial charge on any atom is -0.506 e. The van der Waals surface area contributed by atoms with Crippen molar-refractivity contribution in [3.8, 4) is 5.75 Å². The fraction of sp³-hybridized carbons (Fsp3) is 0.421. The quantitative estimate of drug-likeness (QED) is 0.443. The molecule has 2 aromatic rings. The molecule has 1 aromatic heterocycles. The number of phenols is 1. The van der Waals surface area contributed by atoms with Gasteiger partial charge in [-0.15, -0.1) is 0 Å². The summed E-state index contributed by atoms with van der Waals surface area (Å²) in [4.78, 5) is 34.5. The van der Waals surface area contributed by atoms with E-state index in [9.17, 15) is 19.5 Å². The third-order valence-electron chi connectivity index (χ3n) is 4.35. The largest absolute Gasteiger partial charge is 0.506 e. The summed E-state index contributed by atoms with van der Waals surface area (Å²) in [5.74, 6) is -1.17. The number of carbonyl (C=O) groups excluding carboxylic acids is 1. The monoisotopic (exact) mass is 395 g/mol. The Balaban J connectivity index is 1.92. The van der Waals surface area contributed by atoms with Crippen molar-refractivity contribution in [3.63, 3.8) is 0 Å². The summed E-state index contributed by atoms with van der Waals surface area (Å²) in [5.41, 5.74) is 0.780. The van der Waals surface area contributed by atoms with Gasteiger partial charge in [-0.1, -0.05) is 18.0 Å². The van der Waals surface area contributed by atoms with Gasteiger partial charge in [0.05, 0.1) is 5.02 Å². The molecule has 0 bridgehead atoms. The number of benzene rings is 1. The minimum atomic E-state index is -0.819. The van der Waals surface area contributed by atoms with Crippen molar-refractivity contribution in [3.05, 3.63) is 38.7 Å². The first-order valence-electron chi connectivity index (χ1n) is 8.73. The van der Waals surface area contributed by atoms with E-state index in [1.165, 1.54) is 12.1 Å². The molecule has 0 radical (unpaired) electrons. The van der Waals surface area contributed by atoms with Crippen molar-refractivity contribution in [2.24, 2.45) is 0 Å². The Labute approximate surface area is 160 Å². The van der Waals surface area contributed by atoms with Gasteiger partial charge in [0.25, 0.3) is 0 Å². The summed E-state index contributed by atoms with van der Waals surface area (Å²) in [5, 5.41) is 21.7. The molecule has 1 aromatic carbocycles. The number of carbonyl (C=O) groups is 2. The number of phenolic OH excluding ortho intramolecular Hbond substituents is 1. The van der Waals surface area contributed by atoms with Crippen LogP contribution in [0.1, 0.15) is 43.2 Å². The van der Waals surface area contributed by atoms with Gasteiger partial charge in [0.2, 0.25) is 5.91 Å². The van der Waals surface area contributed by atoms with Gasteiger partial charge in [0.15, 0.2) is 0 Å². The molecule has 0 aliphatic heterocycles. The zero-order valence-corrected chi connectivity index (χ0v) is 15.8. The molecule has 0 unspecified atom stereocenters. The van der Waals surface area contributed by atoms with Crippen molar-refractivity contribution in [1.82, 2.24) is 5.32 Å². The Hall–Kier alpha value is -2.54. The van der Waals surface area contributed by atoms with Crippen LogP contribution in [-0.4, -0.2) is 28.6 Å². The van der Waals surface area contributed by atoms with Gasteiger partial charge in [0.1, 0.15) is 11.3 Å². The lowest BCUT2D eigenvalue weighted by molar-refractivity contribution is -0.137. The number of fused-ring (bicyclic) bond motifs is 1. The zero-order chi connectivity index (χ0) is 20.0. The number of aromatic hydroxyl groups is 1. The average molecular weight is 396 g/mol. The Bertz CT molecular complexity index is 905. The van der Waals surface area contributed by atoms with Crippen LogP contribution in [0.15, 0.2) is 21.3 Å². The molecule has 0 spiro atoms. The van der Waals surface area contributed by atoms with Crippen molar-refractivity contribution in [2.45, 2.75) is 45.4 Å². The van der Waals surface area contributed by atoms with Gasteiger partial charge in [0, 0.05) is 36.4 Å². The first-order valence-corrected chi connectivity index (χ1v) is 9.10. The number of unbranched alkanes of at least 4 members (excludes halogenated alkanes) is 2. The molecule has 0 fully saturated rings. The highest BCUT2D eigenvalue weighted by Crippen LogP contribution is 2.30. The molecule has 27 heavy (non-hydrogen) atoms. The van der Waals surface area contributed by atoms with Crippen LogP contribution in [0.25, 0.3) is 11.0 Å². The van der Waals surface area contributed by atoms with Crippen molar-refractivity contribution in [2.75, 3.05) is 6.54 Å². The fourth-order valence-corrected chi connectivity index (χ4v) is 2.98. The van der Waals surface area contributed by atoms with E-state index in [1.807, 2.05) is 0 Å². The van der Waals surface area contributed by atoms with Gasteiger partial charge in [-0.25, -0.2) is 4.79 Å². The van der Waals surface area contributed by atoms with Crippen LogP contribution in [0.5, 0.6) is 5.75 Å². The van der Waals surface area contributed by atoms with Gasteiger partial charge in [-0.2, -0.15) is 0 Å². The molecule has 3 N–H and O–H groups in total. The van der Waals surface area contributed by atoms with E-state index in [1.54, 1.807) is 6.92 Å². The summed E-state index contributed by atoms with van der Waals surface area (Å²) in [7, 11) is 0. The van der Waals surface area contributed by atoms with E-state index in [-0.39, 0.29) is 41.5 Å². The van der Waals surface area contributed by atoms with Gasteiger partial charge in [-0.05, 0) is 37.8 Å². The predicted octanol–water partition coefficient (Wildman–Crippen LogP) is 3.15. The molecular weight excluding hydrogens is 374 g/mol. The smallest absolute Gasteiger partial charge is 0.339 e. The van der Waals surface area contributed by atoms with Crippen LogP contribution in [0.2, 0.25) is 5.02 Å². The van der Waals surface area contributed by atoms with E-state index in [4.69, 9.17) is 21.1 Å². The molecule has 0 aliphatic carbocycles. The van der Waals surface area contributed by atoms with E-state index >= 15 is 0 Å². The highest BCUT2D eigenvalue weighted by atomic mass is 35.5. The van der Waals surface area contributed by atoms with E-state index in [0.29, 0.717) is 35.9 Å². The molecule has 7 nitrogen and oxygen atoms in total. The summed E-state index contributed by atoms with van der Waals surface area (Å²) in [6.07, 6.45) is 2.52. The lowest BCUT2D eigenvalue weighted by Gasteiger charge is -2.09. The van der Waals surface area contributed by atoms with Crippen LogP contribution < -0.4 is 10.9 Å². The highest BCUT2D eigenvalue weighted by molar-refractivity contribution is 6.32. The van der Waals surface area contributed by atoms with E-state index in [0.717, 1.165) is 6.42 Å². The lowest BCUT2D eigenvalue weighted by atomic mass is 10.0. The summed E-state index contributed by atoms with van der Waals surface area (Å²) in [6.45, 7) is 2.22. The highest BCUT2D eigenvalue weighted by Gasteiger charge is 2.14. The third kappa shape index (κ3) is 5.72. The second kappa shape index (κ2) is 9.41. The Morgan fingerprint density at radius 3 is 2.63 bits per heavy atom. The van der Waals surface area contributed by atoms with Crippen LogP contribution in [0, 0.1) is 6.92 Å². The lowest BCUT2D eigenvalue weighted by Crippen LogP contribution is -2.25. The second-order valence-corrected chi connectivity index (χ2v) is 6.75. The molecular formula is C19H22ClNO6. The standard InChI is InChI=1S/C19H22ClNO6/c1-11-12(6-7-17(23)21-8-4-2-3-5-18(24)25)19(26)27-16-10-15(22)14(20)9-13(11)16/h9-10,22H,2-8H2,1H3,(H,21,23)(H,24,25). The van der Waals surface area contributed by atoms with Crippen molar-refractivity contribution in [1.29, 1.82) is 0 Å². The summed E-state index contributed by atoms with van der Waals surface area (Å²) >= 11 is 5.92. The minimum absolute atomic E-state index is 0.132. The maximum absolute atomic E-state index is 12.2. The van der Waals surface area contributed by atoms with Gasteiger partial charge < -0.3 is 19.9 Å². The van der Waals surface area contributed by atoms with Crippen LogP contribution in [0.4, 0.5) is 0 Å². The van der Waals surface area contributed by atoms with Gasteiger partial charge >= 0.3 is 11.6 Å². The SMILES string of the molecule is Cc1c(CCC(=O)NCCCCCC(=O)O)c(=O)oc2cc(O)c(Cl)cc12. The topological polar surface area (TPSA) is 117 Å². The Morgan fingerprint density at radius 2 is 1.93 bits per heavy atom. The number of aliphatic carboxylic acids is 1. The Kier molecular flexibility index (Phi) is 7.24. The average Bonchev–Trinajstić information content (AvgIpc) is 2.59. The summed E-state index contributed by atoms with van der Waals surface area (Å²) in [6, 6.07) is 2.83. The molecule has 1 heterocycles. The molecule has 0 saturated heterocycles. The maximum Gasteiger partial charge on any atom is 0.339 e. The van der Waals surface area contributed by atoms with Crippen LogP contribution >= 0.6 is 11.6 Å². The number of hydrogen-bond acceptors (Lipinski definition) is 5. The number of carboxylic acids is 1. The number of carboxylic acid groups (broad SMARTS) is 1. The van der Waals surface area contributed by atoms with E-state index in [2.05, 4.69) is 5.32 Å². The van der Waals surface area contributed by atoms with Crippen LogP contribution in [-0.2, 0) is 16.0 Å². The molecule has 0 saturated carbocycles. The first kappa shape index (κ1) is 20.8. The third-order valence-corrected chi connectivity index (χ3v) is 4.65. The van der Waals surface area contributed by atoms with Crippen molar-refractivity contribution < 1.29 is 24.2 Å². The number of nitrogens with one attached hydrogen (secondary N) is 1. The molecule has 8 heteroatoms. The van der Waals surface area contributed by atoms with E-state index < -0.39 is 11.6 Å². The normalized spacial score (nSPS) is 10.9. The molecule has 146 valence electrons. The second-order valence-electron chi connectivity index (χ2n) is 6.35. The molecule has 2 rings (SSSR count).